The van der Waals surface area contributed by atoms with Gasteiger partial charge in [-0.05, 0) is 53.5 Å². The fourth-order valence-electron chi connectivity index (χ4n) is 3.32. The van der Waals surface area contributed by atoms with E-state index in [0.29, 0.717) is 41.6 Å². The fourth-order valence-corrected chi connectivity index (χ4v) is 4.90. The summed E-state index contributed by atoms with van der Waals surface area (Å²) in [5, 5.41) is 0.448. The maximum atomic E-state index is 13.4. The molecule has 9 heteroatoms. The maximum Gasteiger partial charge on any atom is 0.338 e. The smallest absolute Gasteiger partial charge is 0.338 e. The number of hydrogen-bond acceptors (Lipinski definition) is 6. The quantitative estimate of drug-likeness (QED) is 0.504. The van der Waals surface area contributed by atoms with Crippen LogP contribution in [0.3, 0.4) is 0 Å². The van der Waals surface area contributed by atoms with Crippen LogP contribution in [-0.4, -0.2) is 17.1 Å². The number of fused-ring (bicyclic) bond motifs is 1. The molecule has 0 radical (unpaired) electrons. The first-order valence-corrected chi connectivity index (χ1v) is 11.1. The van der Waals surface area contributed by atoms with Gasteiger partial charge in [0.1, 0.15) is 11.8 Å². The lowest BCUT2D eigenvalue weighted by Crippen LogP contribution is -2.40. The van der Waals surface area contributed by atoms with Crippen molar-refractivity contribution in [1.82, 2.24) is 4.57 Å². The maximum absolute atomic E-state index is 13.4. The van der Waals surface area contributed by atoms with E-state index in [2.05, 4.69) is 20.9 Å². The molecule has 0 bridgehead atoms. The molecule has 1 aliphatic heterocycles. The van der Waals surface area contributed by atoms with Crippen molar-refractivity contribution < 1.29 is 13.9 Å². The molecule has 0 N–H and O–H groups in total. The minimum atomic E-state index is -0.737. The molecule has 0 saturated heterocycles. The molecule has 0 saturated carbocycles. The first-order valence-electron chi connectivity index (χ1n) is 9.10. The standard InChI is InChI=1S/C21H16BrClN2O4S/c1-3-28-20(27)17-11(2)24-21-25(18(17)13-6-4-5-7-14(13)23)19(26)15(30-21)10-12-8-9-16(22)29-12/h4-10,18H,3H2,1-2H3/t18-/m1/s1. The molecule has 3 heterocycles. The van der Waals surface area contributed by atoms with Gasteiger partial charge in [0, 0.05) is 11.1 Å². The molecule has 0 aliphatic carbocycles. The summed E-state index contributed by atoms with van der Waals surface area (Å²) < 4.78 is 13.3. The molecule has 2 aromatic heterocycles. The number of thiazole rings is 1. The second-order valence-electron chi connectivity index (χ2n) is 6.47. The zero-order valence-corrected chi connectivity index (χ0v) is 19.2. The van der Waals surface area contributed by atoms with Crippen LogP contribution in [0.25, 0.3) is 6.08 Å². The van der Waals surface area contributed by atoms with Crippen LogP contribution in [0.15, 0.2) is 66.5 Å². The van der Waals surface area contributed by atoms with Crippen LogP contribution in [0.4, 0.5) is 0 Å². The molecule has 30 heavy (non-hydrogen) atoms. The van der Waals surface area contributed by atoms with Gasteiger partial charge >= 0.3 is 5.97 Å². The molecule has 0 fully saturated rings. The average molecular weight is 508 g/mol. The Morgan fingerprint density at radius 2 is 2.13 bits per heavy atom. The van der Waals surface area contributed by atoms with Crippen molar-refractivity contribution in [3.8, 4) is 0 Å². The Morgan fingerprint density at radius 1 is 1.37 bits per heavy atom. The fraction of sp³-hybridized carbons (Fsp3) is 0.190. The topological polar surface area (TPSA) is 73.8 Å². The lowest BCUT2D eigenvalue weighted by atomic mass is 9.96. The number of esters is 1. The molecule has 154 valence electrons. The molecule has 1 aromatic carbocycles. The van der Waals surface area contributed by atoms with E-state index in [9.17, 15) is 9.59 Å². The highest BCUT2D eigenvalue weighted by atomic mass is 79.9. The number of benzene rings is 1. The van der Waals surface area contributed by atoms with E-state index in [4.69, 9.17) is 20.8 Å². The van der Waals surface area contributed by atoms with Crippen molar-refractivity contribution in [2.75, 3.05) is 6.61 Å². The van der Waals surface area contributed by atoms with Crippen LogP contribution in [0, 0.1) is 0 Å². The number of halogens is 2. The molecular formula is C21H16BrClN2O4S. The normalized spacial score (nSPS) is 16.4. The molecule has 0 amide bonds. The second-order valence-corrected chi connectivity index (χ2v) is 8.66. The summed E-state index contributed by atoms with van der Waals surface area (Å²) in [6, 6.07) is 9.90. The zero-order chi connectivity index (χ0) is 21.4. The van der Waals surface area contributed by atoms with Crippen molar-refractivity contribution in [3.05, 3.63) is 88.4 Å². The molecule has 0 unspecified atom stereocenters. The summed E-state index contributed by atoms with van der Waals surface area (Å²) in [7, 11) is 0. The summed E-state index contributed by atoms with van der Waals surface area (Å²) in [6.07, 6.45) is 1.65. The predicted molar refractivity (Wildman–Crippen MR) is 118 cm³/mol. The van der Waals surface area contributed by atoms with Gasteiger partial charge in [0.25, 0.3) is 5.56 Å². The Balaban J connectivity index is 1.99. The number of allylic oxidation sites excluding steroid dienone is 1. The van der Waals surface area contributed by atoms with E-state index in [1.807, 2.05) is 6.07 Å². The van der Waals surface area contributed by atoms with E-state index in [1.165, 1.54) is 15.9 Å². The van der Waals surface area contributed by atoms with Gasteiger partial charge in [0.2, 0.25) is 0 Å². The number of aromatic nitrogens is 1. The van der Waals surface area contributed by atoms with Crippen LogP contribution >= 0.6 is 38.9 Å². The van der Waals surface area contributed by atoms with E-state index in [-0.39, 0.29) is 12.2 Å². The molecule has 3 aromatic rings. The van der Waals surface area contributed by atoms with E-state index >= 15 is 0 Å². The van der Waals surface area contributed by atoms with Crippen LogP contribution in [0.5, 0.6) is 0 Å². The number of hydrogen-bond donors (Lipinski definition) is 0. The molecule has 4 rings (SSSR count). The third-order valence-corrected chi connectivity index (χ3v) is 6.34. The lowest BCUT2D eigenvalue weighted by Gasteiger charge is -2.25. The van der Waals surface area contributed by atoms with Gasteiger partial charge in [-0.2, -0.15) is 0 Å². The molecule has 1 aliphatic rings. The Bertz CT molecular complexity index is 1350. The van der Waals surface area contributed by atoms with Crippen LogP contribution < -0.4 is 14.9 Å². The van der Waals surface area contributed by atoms with Crippen molar-refractivity contribution in [1.29, 1.82) is 0 Å². The SMILES string of the molecule is CCOC(=O)C1=C(C)N=c2sc(=Cc3ccc(Br)o3)c(=O)n2[C@@H]1c1ccccc1Cl. The molecule has 1 atom stereocenters. The van der Waals surface area contributed by atoms with Crippen molar-refractivity contribution in [3.63, 3.8) is 0 Å². The minimum Gasteiger partial charge on any atom is -0.463 e. The molecule has 6 nitrogen and oxygen atoms in total. The lowest BCUT2D eigenvalue weighted by molar-refractivity contribution is -0.139. The van der Waals surface area contributed by atoms with Gasteiger partial charge < -0.3 is 9.15 Å². The largest absolute Gasteiger partial charge is 0.463 e. The van der Waals surface area contributed by atoms with Gasteiger partial charge in [0.05, 0.1) is 22.4 Å². The third kappa shape index (κ3) is 3.71. The van der Waals surface area contributed by atoms with Crippen molar-refractivity contribution in [2.45, 2.75) is 19.9 Å². The third-order valence-electron chi connectivity index (χ3n) is 4.58. The Labute approximate surface area is 188 Å². The van der Waals surface area contributed by atoms with Crippen LogP contribution in [0.1, 0.15) is 31.2 Å². The molecular weight excluding hydrogens is 492 g/mol. The minimum absolute atomic E-state index is 0.211. The van der Waals surface area contributed by atoms with Gasteiger partial charge in [-0.15, -0.1) is 0 Å². The van der Waals surface area contributed by atoms with Gasteiger partial charge in [0.15, 0.2) is 9.47 Å². The number of ether oxygens (including phenoxy) is 1. The second kappa shape index (κ2) is 8.37. The number of nitrogens with zero attached hydrogens (tertiary/aromatic N) is 2. The van der Waals surface area contributed by atoms with E-state index in [1.54, 1.807) is 50.3 Å². The van der Waals surface area contributed by atoms with E-state index < -0.39 is 12.0 Å². The number of rotatable bonds is 4. The Hall–Kier alpha value is -2.42. The van der Waals surface area contributed by atoms with Gasteiger partial charge in [-0.1, -0.05) is 41.1 Å². The van der Waals surface area contributed by atoms with Crippen LogP contribution in [-0.2, 0) is 9.53 Å². The number of furan rings is 1. The number of carbonyl (C=O) groups excluding carboxylic acids is 1. The summed E-state index contributed by atoms with van der Waals surface area (Å²) >= 11 is 10.9. The summed E-state index contributed by atoms with van der Waals surface area (Å²) in [5.74, 6) is 0.00989. The highest BCUT2D eigenvalue weighted by Crippen LogP contribution is 2.34. The first kappa shape index (κ1) is 20.8. The van der Waals surface area contributed by atoms with Crippen molar-refractivity contribution in [2.24, 2.45) is 4.99 Å². The monoisotopic (exact) mass is 506 g/mol. The zero-order valence-electron chi connectivity index (χ0n) is 16.0. The first-order chi connectivity index (χ1) is 14.4. The predicted octanol–water partition coefficient (Wildman–Crippen LogP) is 3.81. The Morgan fingerprint density at radius 3 is 2.80 bits per heavy atom. The summed E-state index contributed by atoms with van der Waals surface area (Å²) in [6.45, 7) is 3.68. The van der Waals surface area contributed by atoms with Gasteiger partial charge in [-0.3, -0.25) is 9.36 Å². The number of carbonyl (C=O) groups is 1. The van der Waals surface area contributed by atoms with Gasteiger partial charge in [-0.25, -0.2) is 9.79 Å². The highest BCUT2D eigenvalue weighted by molar-refractivity contribution is 9.10. The highest BCUT2D eigenvalue weighted by Gasteiger charge is 2.34. The summed E-state index contributed by atoms with van der Waals surface area (Å²) in [5.41, 5.74) is 1.13. The van der Waals surface area contributed by atoms with Crippen molar-refractivity contribution >= 4 is 50.9 Å². The Kier molecular flexibility index (Phi) is 5.81. The van der Waals surface area contributed by atoms with E-state index in [0.717, 1.165) is 0 Å². The molecule has 0 spiro atoms. The van der Waals surface area contributed by atoms with Crippen LogP contribution in [0.2, 0.25) is 5.02 Å². The average Bonchev–Trinajstić information content (AvgIpc) is 3.24. The summed E-state index contributed by atoms with van der Waals surface area (Å²) in [4.78, 5) is 31.2.